The quantitative estimate of drug-likeness (QED) is 0.865. The van der Waals surface area contributed by atoms with Crippen LogP contribution in [0.2, 0.25) is 0 Å². The topological polar surface area (TPSA) is 51.1 Å². The summed E-state index contributed by atoms with van der Waals surface area (Å²) in [4.78, 5) is 13.3. The highest BCUT2D eigenvalue weighted by Gasteiger charge is 2.26. The second-order valence-electron chi connectivity index (χ2n) is 5.16. The Hall–Kier alpha value is -2.38. The van der Waals surface area contributed by atoms with Gasteiger partial charge >= 0.3 is 0 Å². The normalized spacial score (nSPS) is 15.9. The zero-order valence-electron chi connectivity index (χ0n) is 12.2. The average molecular weight is 324 g/mol. The average Bonchev–Trinajstić information content (AvgIpc) is 2.58. The highest BCUT2D eigenvalue weighted by atomic mass is 19.3. The maximum Gasteiger partial charge on any atom is 0.284 e. The van der Waals surface area contributed by atoms with Crippen LogP contribution in [-0.2, 0) is 0 Å². The minimum Gasteiger partial charge on any atom is -0.472 e. The summed E-state index contributed by atoms with van der Waals surface area (Å²) in [5, 5.41) is 0. The van der Waals surface area contributed by atoms with Crippen molar-refractivity contribution in [1.82, 2.24) is 15.0 Å². The molecule has 1 saturated heterocycles. The minimum atomic E-state index is -2.67. The number of alkyl halides is 2. The van der Waals surface area contributed by atoms with Crippen LogP contribution < -0.4 is 9.64 Å². The first-order chi connectivity index (χ1) is 11.1. The molecule has 0 N–H and O–H groups in total. The summed E-state index contributed by atoms with van der Waals surface area (Å²) in [6.45, 7) is 0.967. The second kappa shape index (κ2) is 6.80. The van der Waals surface area contributed by atoms with Gasteiger partial charge in [0, 0.05) is 44.5 Å². The molecule has 2 aromatic rings. The molecule has 0 aromatic carbocycles. The molecule has 1 fully saturated rings. The molecule has 5 nitrogen and oxygen atoms in total. The number of hydrogen-bond acceptors (Lipinski definition) is 5. The van der Waals surface area contributed by atoms with E-state index in [1.165, 1.54) is 30.7 Å². The van der Waals surface area contributed by atoms with Crippen molar-refractivity contribution in [3.8, 4) is 5.88 Å². The molecule has 0 atom stereocenters. The monoisotopic (exact) mass is 324 g/mol. The summed E-state index contributed by atoms with van der Waals surface area (Å²) >= 11 is 0. The van der Waals surface area contributed by atoms with Gasteiger partial charge in [-0.2, -0.15) is 0 Å². The highest BCUT2D eigenvalue weighted by molar-refractivity contribution is 5.44. The molecule has 0 radical (unpaired) electrons. The van der Waals surface area contributed by atoms with E-state index in [1.807, 2.05) is 0 Å². The van der Waals surface area contributed by atoms with Gasteiger partial charge in [0.15, 0.2) is 11.6 Å². The summed E-state index contributed by atoms with van der Waals surface area (Å²) in [6.07, 6.45) is 2.36. The van der Waals surface area contributed by atoms with Gasteiger partial charge in [0.1, 0.15) is 11.8 Å². The lowest BCUT2D eigenvalue weighted by atomic mass is 10.1. The molecule has 3 rings (SSSR count). The summed E-state index contributed by atoms with van der Waals surface area (Å²) in [6, 6.07) is 2.77. The lowest BCUT2D eigenvalue weighted by Gasteiger charge is -2.33. The Morgan fingerprint density at radius 3 is 2.52 bits per heavy atom. The van der Waals surface area contributed by atoms with Crippen molar-refractivity contribution in [2.75, 3.05) is 18.0 Å². The first kappa shape index (κ1) is 15.5. The van der Waals surface area contributed by atoms with Crippen LogP contribution in [-0.4, -0.2) is 34.1 Å². The molecule has 1 aliphatic rings. The molecular weight excluding hydrogens is 309 g/mol. The molecule has 0 bridgehead atoms. The summed E-state index contributed by atoms with van der Waals surface area (Å²) in [5.74, 6) is -0.340. The van der Waals surface area contributed by atoms with E-state index in [9.17, 15) is 13.2 Å². The molecule has 0 aliphatic carbocycles. The number of halogens is 3. The van der Waals surface area contributed by atoms with Crippen LogP contribution in [0.1, 0.15) is 25.0 Å². The number of piperidine rings is 1. The third-order valence-electron chi connectivity index (χ3n) is 3.66. The van der Waals surface area contributed by atoms with E-state index in [4.69, 9.17) is 4.74 Å². The standard InChI is InChI=1S/C15H15F3N4O/c16-11-2-1-5-21-15(11)23-10-3-8-22(9-4-10)14-12(13(17)18)19-6-7-20-14/h1-2,5-7,10,13H,3-4,8-9H2. The van der Waals surface area contributed by atoms with Crippen LogP contribution in [0, 0.1) is 5.82 Å². The predicted octanol–water partition coefficient (Wildman–Crippen LogP) is 3.00. The Morgan fingerprint density at radius 2 is 1.83 bits per heavy atom. The van der Waals surface area contributed by atoms with Crippen molar-refractivity contribution in [1.29, 1.82) is 0 Å². The second-order valence-corrected chi connectivity index (χ2v) is 5.16. The van der Waals surface area contributed by atoms with Crippen molar-refractivity contribution in [2.45, 2.75) is 25.4 Å². The van der Waals surface area contributed by atoms with E-state index in [-0.39, 0.29) is 23.5 Å². The predicted molar refractivity (Wildman–Crippen MR) is 77.0 cm³/mol. The van der Waals surface area contributed by atoms with E-state index in [1.54, 1.807) is 4.90 Å². The number of pyridine rings is 1. The third-order valence-corrected chi connectivity index (χ3v) is 3.66. The fraction of sp³-hybridized carbons (Fsp3) is 0.400. The van der Waals surface area contributed by atoms with Crippen LogP contribution >= 0.6 is 0 Å². The van der Waals surface area contributed by atoms with Crippen LogP contribution in [0.25, 0.3) is 0 Å². The molecular formula is C15H15F3N4O. The Balaban J connectivity index is 1.64. The number of anilines is 1. The van der Waals surface area contributed by atoms with Gasteiger partial charge < -0.3 is 9.64 Å². The first-order valence-corrected chi connectivity index (χ1v) is 7.26. The van der Waals surface area contributed by atoms with Gasteiger partial charge in [0.2, 0.25) is 0 Å². The summed E-state index contributed by atoms with van der Waals surface area (Å²) in [7, 11) is 0. The number of hydrogen-bond donors (Lipinski definition) is 0. The Morgan fingerprint density at radius 1 is 1.09 bits per heavy atom. The van der Waals surface area contributed by atoms with E-state index in [2.05, 4.69) is 15.0 Å². The van der Waals surface area contributed by atoms with E-state index < -0.39 is 12.2 Å². The number of aromatic nitrogens is 3. The van der Waals surface area contributed by atoms with Gasteiger partial charge in [-0.15, -0.1) is 0 Å². The SMILES string of the molecule is Fc1cccnc1OC1CCN(c2nccnc2C(F)F)CC1. The molecule has 2 aromatic heterocycles. The summed E-state index contributed by atoms with van der Waals surface area (Å²) < 4.78 is 45.1. The van der Waals surface area contributed by atoms with Gasteiger partial charge in [-0.05, 0) is 12.1 Å². The highest BCUT2D eigenvalue weighted by Crippen LogP contribution is 2.28. The smallest absolute Gasteiger partial charge is 0.284 e. The van der Waals surface area contributed by atoms with Gasteiger partial charge in [-0.25, -0.2) is 28.1 Å². The summed E-state index contributed by atoms with van der Waals surface area (Å²) in [5.41, 5.74) is -0.317. The lowest BCUT2D eigenvalue weighted by Crippen LogP contribution is -2.39. The van der Waals surface area contributed by atoms with Crippen LogP contribution in [0.3, 0.4) is 0 Å². The molecule has 3 heterocycles. The zero-order valence-corrected chi connectivity index (χ0v) is 12.2. The Bertz CT molecular complexity index is 663. The molecule has 8 heteroatoms. The number of ether oxygens (including phenoxy) is 1. The van der Waals surface area contributed by atoms with Crippen LogP contribution in [0.4, 0.5) is 19.0 Å². The maximum atomic E-state index is 13.5. The van der Waals surface area contributed by atoms with E-state index >= 15 is 0 Å². The van der Waals surface area contributed by atoms with Crippen molar-refractivity contribution >= 4 is 5.82 Å². The van der Waals surface area contributed by atoms with E-state index in [0.29, 0.717) is 25.9 Å². The fourth-order valence-electron chi connectivity index (χ4n) is 2.54. The Kier molecular flexibility index (Phi) is 4.59. The number of rotatable bonds is 4. The first-order valence-electron chi connectivity index (χ1n) is 7.26. The van der Waals surface area contributed by atoms with Crippen molar-refractivity contribution in [3.05, 3.63) is 42.2 Å². The van der Waals surface area contributed by atoms with Crippen molar-refractivity contribution < 1.29 is 17.9 Å². The van der Waals surface area contributed by atoms with Gasteiger partial charge in [0.05, 0.1) is 0 Å². The Labute approximate surface area is 131 Å². The molecule has 23 heavy (non-hydrogen) atoms. The van der Waals surface area contributed by atoms with Gasteiger partial charge in [-0.3, -0.25) is 0 Å². The minimum absolute atomic E-state index is 0.0290. The lowest BCUT2D eigenvalue weighted by molar-refractivity contribution is 0.143. The molecule has 0 saturated carbocycles. The van der Waals surface area contributed by atoms with Crippen LogP contribution in [0.5, 0.6) is 5.88 Å². The van der Waals surface area contributed by atoms with Gasteiger partial charge in [0.25, 0.3) is 12.3 Å². The largest absolute Gasteiger partial charge is 0.472 e. The zero-order chi connectivity index (χ0) is 16.2. The molecule has 122 valence electrons. The van der Waals surface area contributed by atoms with E-state index in [0.717, 1.165) is 0 Å². The third kappa shape index (κ3) is 3.52. The van der Waals surface area contributed by atoms with Crippen molar-refractivity contribution in [2.24, 2.45) is 0 Å². The fourth-order valence-corrected chi connectivity index (χ4v) is 2.54. The molecule has 1 aliphatic heterocycles. The van der Waals surface area contributed by atoms with Gasteiger partial charge in [-0.1, -0.05) is 0 Å². The van der Waals surface area contributed by atoms with Crippen LogP contribution in [0.15, 0.2) is 30.7 Å². The molecule has 0 unspecified atom stereocenters. The maximum absolute atomic E-state index is 13.5. The number of nitrogens with zero attached hydrogens (tertiary/aromatic N) is 4. The molecule has 0 amide bonds. The molecule has 0 spiro atoms. The van der Waals surface area contributed by atoms with Crippen molar-refractivity contribution in [3.63, 3.8) is 0 Å².